The van der Waals surface area contributed by atoms with Crippen molar-refractivity contribution in [2.75, 3.05) is 0 Å². The molecule has 0 saturated carbocycles. The number of rotatable bonds is 1. The molecule has 0 atom stereocenters. The van der Waals surface area contributed by atoms with Crippen LogP contribution in [0.25, 0.3) is 21.3 Å². The maximum absolute atomic E-state index is 13.7. The number of halogens is 1. The average Bonchev–Trinajstić information content (AvgIpc) is 2.68. The summed E-state index contributed by atoms with van der Waals surface area (Å²) in [6.45, 7) is 3.81. The van der Waals surface area contributed by atoms with Crippen molar-refractivity contribution in [3.63, 3.8) is 0 Å². The zero-order valence-corrected chi connectivity index (χ0v) is 9.80. The zero-order chi connectivity index (χ0) is 11.8. The molecular weight excluding hydrogens is 233 g/mol. The van der Waals surface area contributed by atoms with Crippen LogP contribution >= 0.6 is 11.3 Å². The van der Waals surface area contributed by atoms with Crippen molar-refractivity contribution >= 4 is 21.6 Å². The molecule has 0 unspecified atom stereocenters. The van der Waals surface area contributed by atoms with Crippen LogP contribution in [0.3, 0.4) is 0 Å². The maximum Gasteiger partial charge on any atom is 0.131 e. The molecule has 0 aliphatic heterocycles. The fourth-order valence-corrected chi connectivity index (χ4v) is 2.58. The molecule has 3 aromatic rings. The summed E-state index contributed by atoms with van der Waals surface area (Å²) in [6, 6.07) is 12.5. The first-order chi connectivity index (χ1) is 8.24. The quantitative estimate of drug-likeness (QED) is 0.620. The Balaban J connectivity index is 2.21. The minimum atomic E-state index is -0.211. The van der Waals surface area contributed by atoms with Gasteiger partial charge in [-0.2, -0.15) is 0 Å². The van der Waals surface area contributed by atoms with Crippen LogP contribution in [0.4, 0.5) is 4.39 Å². The van der Waals surface area contributed by atoms with Crippen LogP contribution in [-0.4, -0.2) is 4.98 Å². The highest BCUT2D eigenvalue weighted by molar-refractivity contribution is 7.18. The molecule has 0 saturated heterocycles. The minimum Gasteiger partial charge on any atom is -0.241 e. The third-order valence-corrected chi connectivity index (χ3v) is 3.51. The monoisotopic (exact) mass is 242 g/mol. The summed E-state index contributed by atoms with van der Waals surface area (Å²) in [6.07, 6.45) is 0. The van der Waals surface area contributed by atoms with Gasteiger partial charge in [-0.05, 0) is 23.8 Å². The Hall–Kier alpha value is -1.74. The number of fused-ring (bicyclic) bond motifs is 1. The van der Waals surface area contributed by atoms with E-state index in [0.717, 1.165) is 20.8 Å². The molecule has 0 N–H and O–H groups in total. The molecule has 1 radical (unpaired) electrons. The highest BCUT2D eigenvalue weighted by atomic mass is 32.1. The lowest BCUT2D eigenvalue weighted by Gasteiger charge is -2.02. The molecular formula is C14H9FNS. The van der Waals surface area contributed by atoms with Gasteiger partial charge in [0.1, 0.15) is 5.82 Å². The normalized spacial score (nSPS) is 10.9. The summed E-state index contributed by atoms with van der Waals surface area (Å²) in [7, 11) is 0. The number of nitrogens with zero attached hydrogens (tertiary/aromatic N) is 1. The molecule has 17 heavy (non-hydrogen) atoms. The molecule has 1 nitrogen and oxygen atoms in total. The molecule has 0 aliphatic carbocycles. The van der Waals surface area contributed by atoms with E-state index in [-0.39, 0.29) is 5.82 Å². The van der Waals surface area contributed by atoms with Crippen LogP contribution in [0, 0.1) is 12.7 Å². The van der Waals surface area contributed by atoms with Crippen molar-refractivity contribution in [1.29, 1.82) is 0 Å². The average molecular weight is 242 g/mol. The Morgan fingerprint density at radius 1 is 1.12 bits per heavy atom. The fraction of sp³-hybridized carbons (Fsp3) is 0. The van der Waals surface area contributed by atoms with Crippen LogP contribution in [0.5, 0.6) is 0 Å². The first kappa shape index (κ1) is 10.4. The van der Waals surface area contributed by atoms with E-state index in [1.807, 2.05) is 24.3 Å². The van der Waals surface area contributed by atoms with E-state index in [2.05, 4.69) is 11.9 Å². The minimum absolute atomic E-state index is 0.211. The Morgan fingerprint density at radius 2 is 1.94 bits per heavy atom. The van der Waals surface area contributed by atoms with Crippen molar-refractivity contribution in [3.8, 4) is 11.1 Å². The van der Waals surface area contributed by atoms with Gasteiger partial charge in [-0.15, -0.1) is 11.3 Å². The van der Waals surface area contributed by atoms with Gasteiger partial charge in [0.05, 0.1) is 15.2 Å². The van der Waals surface area contributed by atoms with Gasteiger partial charge in [-0.3, -0.25) is 0 Å². The van der Waals surface area contributed by atoms with Crippen molar-refractivity contribution in [3.05, 3.63) is 60.2 Å². The third kappa shape index (κ3) is 1.83. The van der Waals surface area contributed by atoms with Gasteiger partial charge in [0, 0.05) is 12.5 Å². The second kappa shape index (κ2) is 3.93. The van der Waals surface area contributed by atoms with Crippen molar-refractivity contribution in [2.45, 2.75) is 0 Å². The summed E-state index contributed by atoms with van der Waals surface area (Å²) in [5.41, 5.74) is 2.33. The third-order valence-electron chi connectivity index (χ3n) is 2.62. The zero-order valence-electron chi connectivity index (χ0n) is 8.98. The van der Waals surface area contributed by atoms with Gasteiger partial charge in [-0.25, -0.2) is 9.37 Å². The fourth-order valence-electron chi connectivity index (χ4n) is 1.84. The van der Waals surface area contributed by atoms with E-state index in [1.54, 1.807) is 23.5 Å². The van der Waals surface area contributed by atoms with Gasteiger partial charge >= 0.3 is 0 Å². The summed E-state index contributed by atoms with van der Waals surface area (Å²) < 4.78 is 14.7. The summed E-state index contributed by atoms with van der Waals surface area (Å²) in [4.78, 5) is 4.31. The molecule has 2 aromatic carbocycles. The molecule has 0 amide bonds. The largest absolute Gasteiger partial charge is 0.241 e. The van der Waals surface area contributed by atoms with Gasteiger partial charge in [0.2, 0.25) is 0 Å². The molecule has 83 valence electrons. The van der Waals surface area contributed by atoms with E-state index in [9.17, 15) is 4.39 Å². The number of thiazole rings is 1. The molecule has 1 aromatic heterocycles. The number of hydrogen-bond acceptors (Lipinski definition) is 2. The predicted octanol–water partition coefficient (Wildman–Crippen LogP) is 4.28. The first-order valence-electron chi connectivity index (χ1n) is 5.21. The lowest BCUT2D eigenvalue weighted by Crippen LogP contribution is -1.83. The molecule has 0 aliphatic rings. The van der Waals surface area contributed by atoms with E-state index < -0.39 is 0 Å². The summed E-state index contributed by atoms with van der Waals surface area (Å²) >= 11 is 1.54. The Kier molecular flexibility index (Phi) is 2.41. The van der Waals surface area contributed by atoms with Crippen LogP contribution in [0.2, 0.25) is 0 Å². The molecule has 1 heterocycles. The number of hydrogen-bond donors (Lipinski definition) is 0. The number of benzene rings is 2. The molecule has 0 spiro atoms. The molecule has 0 fully saturated rings. The van der Waals surface area contributed by atoms with Crippen LogP contribution < -0.4 is 0 Å². The van der Waals surface area contributed by atoms with Crippen LogP contribution in [0.1, 0.15) is 5.01 Å². The predicted molar refractivity (Wildman–Crippen MR) is 69.5 cm³/mol. The second-order valence-corrected chi connectivity index (χ2v) is 4.89. The summed E-state index contributed by atoms with van der Waals surface area (Å²) in [5.74, 6) is -0.211. The SMILES string of the molecule is [CH2]c1nc2cc(-c3ccccc3F)ccc2s1. The highest BCUT2D eigenvalue weighted by Gasteiger charge is 2.06. The van der Waals surface area contributed by atoms with Gasteiger partial charge < -0.3 is 0 Å². The van der Waals surface area contributed by atoms with Gasteiger partial charge in [0.15, 0.2) is 0 Å². The first-order valence-corrected chi connectivity index (χ1v) is 6.03. The highest BCUT2D eigenvalue weighted by Crippen LogP contribution is 2.28. The van der Waals surface area contributed by atoms with E-state index in [1.165, 1.54) is 6.07 Å². The Morgan fingerprint density at radius 3 is 2.76 bits per heavy atom. The van der Waals surface area contributed by atoms with Crippen molar-refractivity contribution in [2.24, 2.45) is 0 Å². The van der Waals surface area contributed by atoms with Crippen LogP contribution in [0.15, 0.2) is 42.5 Å². The lowest BCUT2D eigenvalue weighted by molar-refractivity contribution is 0.631. The topological polar surface area (TPSA) is 12.9 Å². The lowest BCUT2D eigenvalue weighted by atomic mass is 10.1. The molecule has 0 bridgehead atoms. The Labute approximate surface area is 103 Å². The van der Waals surface area contributed by atoms with Gasteiger partial charge in [0.25, 0.3) is 0 Å². The molecule has 3 heteroatoms. The van der Waals surface area contributed by atoms with E-state index >= 15 is 0 Å². The van der Waals surface area contributed by atoms with Crippen molar-refractivity contribution < 1.29 is 4.39 Å². The second-order valence-electron chi connectivity index (χ2n) is 3.77. The summed E-state index contributed by atoms with van der Waals surface area (Å²) in [5, 5.41) is 0.783. The van der Waals surface area contributed by atoms with E-state index in [4.69, 9.17) is 0 Å². The van der Waals surface area contributed by atoms with Crippen LogP contribution in [-0.2, 0) is 0 Å². The Bertz CT molecular complexity index is 688. The van der Waals surface area contributed by atoms with E-state index in [0.29, 0.717) is 5.56 Å². The molecule has 3 rings (SSSR count). The number of aromatic nitrogens is 1. The van der Waals surface area contributed by atoms with Crippen molar-refractivity contribution in [1.82, 2.24) is 4.98 Å². The maximum atomic E-state index is 13.7. The van der Waals surface area contributed by atoms with Gasteiger partial charge in [-0.1, -0.05) is 24.3 Å². The smallest absolute Gasteiger partial charge is 0.131 e. The standard InChI is InChI=1S/C14H9FNS/c1-9-16-13-8-10(6-7-14(13)17-9)11-4-2-3-5-12(11)15/h2-8H,1H2.